The van der Waals surface area contributed by atoms with E-state index in [9.17, 15) is 9.90 Å². The first kappa shape index (κ1) is 10.9. The number of aromatic nitrogens is 4. The summed E-state index contributed by atoms with van der Waals surface area (Å²) in [5, 5.41) is 20.2. The van der Waals surface area contributed by atoms with Crippen LogP contribution in [0.15, 0.2) is 24.5 Å². The Morgan fingerprint density at radius 1 is 1.44 bits per heavy atom. The SMILES string of the molecule is O=C(O)C1CCCc2cc(-n3cnnn3)ccc21. The topological polar surface area (TPSA) is 80.9 Å². The van der Waals surface area contributed by atoms with Crippen LogP contribution in [0.2, 0.25) is 0 Å². The highest BCUT2D eigenvalue weighted by Crippen LogP contribution is 2.32. The molecule has 2 aromatic rings. The number of rotatable bonds is 2. The lowest BCUT2D eigenvalue weighted by Crippen LogP contribution is -2.18. The minimum Gasteiger partial charge on any atom is -0.481 e. The summed E-state index contributed by atoms with van der Waals surface area (Å²) in [7, 11) is 0. The molecule has 1 heterocycles. The van der Waals surface area contributed by atoms with Crippen molar-refractivity contribution in [3.63, 3.8) is 0 Å². The van der Waals surface area contributed by atoms with Crippen molar-refractivity contribution in [3.05, 3.63) is 35.7 Å². The fourth-order valence-corrected chi connectivity index (χ4v) is 2.48. The van der Waals surface area contributed by atoms with Crippen LogP contribution < -0.4 is 0 Å². The Hall–Kier alpha value is -2.24. The van der Waals surface area contributed by atoms with Gasteiger partial charge >= 0.3 is 5.97 Å². The van der Waals surface area contributed by atoms with Gasteiger partial charge in [-0.2, -0.15) is 0 Å². The van der Waals surface area contributed by atoms with Crippen molar-refractivity contribution < 1.29 is 9.90 Å². The van der Waals surface area contributed by atoms with Gasteiger partial charge < -0.3 is 5.11 Å². The molecule has 0 fully saturated rings. The summed E-state index contributed by atoms with van der Waals surface area (Å²) in [5.41, 5.74) is 2.87. The van der Waals surface area contributed by atoms with Crippen molar-refractivity contribution in [1.82, 2.24) is 20.2 Å². The Labute approximate surface area is 103 Å². The Balaban J connectivity index is 2.03. The van der Waals surface area contributed by atoms with Gasteiger partial charge in [-0.3, -0.25) is 4.79 Å². The van der Waals surface area contributed by atoms with Crippen LogP contribution in [0.5, 0.6) is 0 Å². The Bertz CT molecular complexity index is 580. The second kappa shape index (κ2) is 4.21. The van der Waals surface area contributed by atoms with Crippen LogP contribution in [0.1, 0.15) is 29.9 Å². The lowest BCUT2D eigenvalue weighted by Gasteiger charge is -2.22. The fourth-order valence-electron chi connectivity index (χ4n) is 2.48. The van der Waals surface area contributed by atoms with E-state index in [-0.39, 0.29) is 5.92 Å². The molecule has 0 saturated carbocycles. The Morgan fingerprint density at radius 2 is 2.33 bits per heavy atom. The van der Waals surface area contributed by atoms with Crippen molar-refractivity contribution in [3.8, 4) is 5.69 Å². The van der Waals surface area contributed by atoms with Gasteiger partial charge in [0, 0.05) is 0 Å². The van der Waals surface area contributed by atoms with Gasteiger partial charge in [0.2, 0.25) is 0 Å². The van der Waals surface area contributed by atoms with Crippen LogP contribution in [0.3, 0.4) is 0 Å². The number of carboxylic acids is 1. The minimum absolute atomic E-state index is 0.378. The summed E-state index contributed by atoms with van der Waals surface area (Å²) in [6.45, 7) is 0. The number of carboxylic acid groups (broad SMARTS) is 1. The summed E-state index contributed by atoms with van der Waals surface area (Å²) >= 11 is 0. The molecule has 6 heteroatoms. The number of benzene rings is 1. The molecule has 0 bridgehead atoms. The maximum atomic E-state index is 11.2. The van der Waals surface area contributed by atoms with Gasteiger partial charge in [-0.1, -0.05) is 6.07 Å². The molecule has 1 unspecified atom stereocenters. The first-order chi connectivity index (χ1) is 8.75. The van der Waals surface area contributed by atoms with Gasteiger partial charge in [0.1, 0.15) is 6.33 Å². The molecule has 3 rings (SSSR count). The standard InChI is InChI=1S/C12H12N4O2/c17-12(18)11-3-1-2-8-6-9(4-5-10(8)11)16-7-13-14-15-16/h4-7,11H,1-3H2,(H,17,18). The van der Waals surface area contributed by atoms with E-state index in [0.717, 1.165) is 29.7 Å². The summed E-state index contributed by atoms with van der Waals surface area (Å²) in [5.74, 6) is -1.12. The molecule has 92 valence electrons. The van der Waals surface area contributed by atoms with E-state index in [1.54, 1.807) is 4.68 Å². The molecule has 6 nitrogen and oxygen atoms in total. The quantitative estimate of drug-likeness (QED) is 0.857. The van der Waals surface area contributed by atoms with E-state index in [0.29, 0.717) is 6.42 Å². The second-order valence-corrected chi connectivity index (χ2v) is 4.42. The van der Waals surface area contributed by atoms with E-state index < -0.39 is 5.97 Å². The number of nitrogens with zero attached hydrogens (tertiary/aromatic N) is 4. The number of aryl methyl sites for hydroxylation is 1. The molecule has 0 spiro atoms. The zero-order chi connectivity index (χ0) is 12.5. The molecule has 1 aliphatic rings. The zero-order valence-corrected chi connectivity index (χ0v) is 9.65. The minimum atomic E-state index is -0.744. The maximum Gasteiger partial charge on any atom is 0.310 e. The van der Waals surface area contributed by atoms with Gasteiger partial charge in [0.05, 0.1) is 11.6 Å². The predicted octanol–water partition coefficient (Wildman–Crippen LogP) is 1.17. The highest BCUT2D eigenvalue weighted by atomic mass is 16.4. The van der Waals surface area contributed by atoms with Crippen LogP contribution in [0.25, 0.3) is 5.69 Å². The van der Waals surface area contributed by atoms with Crippen molar-refractivity contribution in [1.29, 1.82) is 0 Å². The average Bonchev–Trinajstić information content (AvgIpc) is 2.91. The third-order valence-corrected chi connectivity index (χ3v) is 3.35. The van der Waals surface area contributed by atoms with E-state index in [1.165, 1.54) is 6.33 Å². The third-order valence-electron chi connectivity index (χ3n) is 3.35. The first-order valence-corrected chi connectivity index (χ1v) is 5.84. The number of hydrogen-bond acceptors (Lipinski definition) is 4. The average molecular weight is 244 g/mol. The van der Waals surface area contributed by atoms with Crippen LogP contribution in [-0.2, 0) is 11.2 Å². The van der Waals surface area contributed by atoms with Gasteiger partial charge in [-0.25, -0.2) is 4.68 Å². The molecule has 0 radical (unpaired) electrons. The molecular formula is C12H12N4O2. The molecule has 18 heavy (non-hydrogen) atoms. The van der Waals surface area contributed by atoms with Crippen LogP contribution in [-0.4, -0.2) is 31.3 Å². The molecule has 0 saturated heterocycles. The lowest BCUT2D eigenvalue weighted by atomic mass is 9.82. The molecule has 0 aliphatic heterocycles. The molecule has 0 amide bonds. The normalized spacial score (nSPS) is 18.3. The van der Waals surface area contributed by atoms with E-state index in [4.69, 9.17) is 0 Å². The van der Waals surface area contributed by atoms with E-state index in [2.05, 4.69) is 15.5 Å². The second-order valence-electron chi connectivity index (χ2n) is 4.42. The van der Waals surface area contributed by atoms with Gasteiger partial charge in [0.15, 0.2) is 0 Å². The Morgan fingerprint density at radius 3 is 3.06 bits per heavy atom. The number of tetrazole rings is 1. The molecule has 1 N–H and O–H groups in total. The molecule has 1 aliphatic carbocycles. The van der Waals surface area contributed by atoms with Gasteiger partial charge in [-0.05, 0) is 52.9 Å². The van der Waals surface area contributed by atoms with Crippen molar-refractivity contribution in [2.45, 2.75) is 25.2 Å². The summed E-state index contributed by atoms with van der Waals surface area (Å²) in [6, 6.07) is 5.71. The lowest BCUT2D eigenvalue weighted by molar-refractivity contribution is -0.139. The molecule has 1 aromatic heterocycles. The van der Waals surface area contributed by atoms with Crippen molar-refractivity contribution in [2.75, 3.05) is 0 Å². The molecular weight excluding hydrogens is 232 g/mol. The highest BCUT2D eigenvalue weighted by Gasteiger charge is 2.26. The van der Waals surface area contributed by atoms with Crippen LogP contribution in [0.4, 0.5) is 0 Å². The number of hydrogen-bond donors (Lipinski definition) is 1. The predicted molar refractivity (Wildman–Crippen MR) is 62.5 cm³/mol. The monoisotopic (exact) mass is 244 g/mol. The largest absolute Gasteiger partial charge is 0.481 e. The molecule has 1 aromatic carbocycles. The maximum absolute atomic E-state index is 11.2. The third kappa shape index (κ3) is 1.75. The number of fused-ring (bicyclic) bond motifs is 1. The Kier molecular flexibility index (Phi) is 2.55. The van der Waals surface area contributed by atoms with E-state index in [1.807, 2.05) is 18.2 Å². The van der Waals surface area contributed by atoms with Crippen LogP contribution in [0, 0.1) is 0 Å². The first-order valence-electron chi connectivity index (χ1n) is 5.84. The summed E-state index contributed by atoms with van der Waals surface area (Å²) < 4.78 is 1.57. The summed E-state index contributed by atoms with van der Waals surface area (Å²) in [6.07, 6.45) is 4.06. The van der Waals surface area contributed by atoms with E-state index >= 15 is 0 Å². The smallest absolute Gasteiger partial charge is 0.310 e. The van der Waals surface area contributed by atoms with Gasteiger partial charge in [0.25, 0.3) is 0 Å². The fraction of sp³-hybridized carbons (Fsp3) is 0.333. The van der Waals surface area contributed by atoms with Crippen LogP contribution >= 0.6 is 0 Å². The highest BCUT2D eigenvalue weighted by molar-refractivity contribution is 5.77. The van der Waals surface area contributed by atoms with Gasteiger partial charge in [-0.15, -0.1) is 5.10 Å². The zero-order valence-electron chi connectivity index (χ0n) is 9.65. The van der Waals surface area contributed by atoms with Crippen molar-refractivity contribution >= 4 is 5.97 Å². The van der Waals surface area contributed by atoms with Crippen molar-refractivity contribution in [2.24, 2.45) is 0 Å². The number of aliphatic carboxylic acids is 1. The number of carbonyl (C=O) groups is 1. The summed E-state index contributed by atoms with van der Waals surface area (Å²) in [4.78, 5) is 11.2. The molecule has 1 atom stereocenters.